The van der Waals surface area contributed by atoms with Gasteiger partial charge in [0.1, 0.15) is 5.75 Å². The third kappa shape index (κ3) is 4.54. The molecule has 0 aliphatic carbocycles. The van der Waals surface area contributed by atoms with E-state index < -0.39 is 6.61 Å². The number of nitrogens with one attached hydrogen (secondary N) is 1. The van der Waals surface area contributed by atoms with Crippen molar-refractivity contribution >= 4 is 15.9 Å². The first-order chi connectivity index (χ1) is 9.65. The predicted octanol–water partition coefficient (Wildman–Crippen LogP) is 3.74. The summed E-state index contributed by atoms with van der Waals surface area (Å²) in [5.41, 5.74) is 1.70. The molecule has 0 saturated heterocycles. The molecule has 2 aromatic rings. The Hall–Kier alpha value is -1.53. The topological polar surface area (TPSA) is 34.1 Å². The molecule has 0 amide bonds. The van der Waals surface area contributed by atoms with Crippen LogP contribution in [-0.2, 0) is 13.1 Å². The molecule has 1 aromatic heterocycles. The molecule has 106 valence electrons. The molecule has 0 aliphatic rings. The Morgan fingerprint density at radius 2 is 2.00 bits per heavy atom. The van der Waals surface area contributed by atoms with Crippen molar-refractivity contribution in [3.05, 3.63) is 58.3 Å². The quantitative estimate of drug-likeness (QED) is 0.868. The average Bonchev–Trinajstić information content (AvgIpc) is 2.40. The fourth-order valence-electron chi connectivity index (χ4n) is 1.75. The van der Waals surface area contributed by atoms with E-state index in [4.69, 9.17) is 0 Å². The van der Waals surface area contributed by atoms with Crippen LogP contribution in [0, 0.1) is 0 Å². The summed E-state index contributed by atoms with van der Waals surface area (Å²) < 4.78 is 29.9. The highest BCUT2D eigenvalue weighted by Crippen LogP contribution is 2.20. The van der Waals surface area contributed by atoms with Crippen molar-refractivity contribution in [3.63, 3.8) is 0 Å². The fourth-order valence-corrected chi connectivity index (χ4v) is 2.17. The first-order valence-electron chi connectivity index (χ1n) is 5.98. The number of alkyl halides is 2. The van der Waals surface area contributed by atoms with Crippen molar-refractivity contribution in [2.24, 2.45) is 0 Å². The predicted molar refractivity (Wildman–Crippen MR) is 75.6 cm³/mol. The van der Waals surface area contributed by atoms with E-state index in [0.717, 1.165) is 10.0 Å². The number of halogens is 3. The first-order valence-corrected chi connectivity index (χ1v) is 6.77. The van der Waals surface area contributed by atoms with Crippen molar-refractivity contribution in [3.8, 4) is 5.75 Å². The highest BCUT2D eigenvalue weighted by molar-refractivity contribution is 9.10. The van der Waals surface area contributed by atoms with Gasteiger partial charge in [-0.1, -0.05) is 18.2 Å². The molecule has 0 aliphatic heterocycles. The maximum Gasteiger partial charge on any atom is 0.387 e. The van der Waals surface area contributed by atoms with Gasteiger partial charge in [0.15, 0.2) is 0 Å². The Labute approximate surface area is 124 Å². The number of aromatic nitrogens is 1. The standard InChI is InChI=1S/C14H13BrF2N2O/c15-12-5-10(7-19-9-12)6-18-8-11-3-1-2-4-13(11)20-14(16)17/h1-5,7,9,14,18H,6,8H2. The third-order valence-corrected chi connectivity index (χ3v) is 3.03. The maximum absolute atomic E-state index is 12.3. The van der Waals surface area contributed by atoms with Gasteiger partial charge in [-0.2, -0.15) is 8.78 Å². The van der Waals surface area contributed by atoms with Crippen molar-refractivity contribution in [1.82, 2.24) is 10.3 Å². The minimum atomic E-state index is -2.81. The second-order valence-electron chi connectivity index (χ2n) is 4.10. The molecule has 3 nitrogen and oxygen atoms in total. The average molecular weight is 343 g/mol. The molecule has 2 rings (SSSR count). The van der Waals surface area contributed by atoms with Crippen molar-refractivity contribution < 1.29 is 13.5 Å². The van der Waals surface area contributed by atoms with Crippen molar-refractivity contribution in [2.75, 3.05) is 0 Å². The number of benzene rings is 1. The van der Waals surface area contributed by atoms with Crippen LogP contribution >= 0.6 is 15.9 Å². The van der Waals surface area contributed by atoms with Gasteiger partial charge in [-0.25, -0.2) is 0 Å². The molecule has 0 bridgehead atoms. The normalized spacial score (nSPS) is 10.8. The summed E-state index contributed by atoms with van der Waals surface area (Å²) in [4.78, 5) is 4.06. The summed E-state index contributed by atoms with van der Waals surface area (Å²) in [6.07, 6.45) is 3.45. The largest absolute Gasteiger partial charge is 0.434 e. The highest BCUT2D eigenvalue weighted by atomic mass is 79.9. The van der Waals surface area contributed by atoms with Crippen LogP contribution in [0.5, 0.6) is 5.75 Å². The second kappa shape index (κ2) is 7.31. The molecule has 0 atom stereocenters. The zero-order valence-corrected chi connectivity index (χ0v) is 12.1. The van der Waals surface area contributed by atoms with E-state index in [1.807, 2.05) is 6.07 Å². The van der Waals surface area contributed by atoms with Gasteiger partial charge in [0.2, 0.25) is 0 Å². The molecule has 0 spiro atoms. The van der Waals surface area contributed by atoms with E-state index in [1.165, 1.54) is 6.07 Å². The Bertz CT molecular complexity index is 566. The lowest BCUT2D eigenvalue weighted by atomic mass is 10.2. The van der Waals surface area contributed by atoms with E-state index in [0.29, 0.717) is 18.7 Å². The fraction of sp³-hybridized carbons (Fsp3) is 0.214. The zero-order chi connectivity index (χ0) is 14.4. The molecule has 1 heterocycles. The van der Waals surface area contributed by atoms with Gasteiger partial charge >= 0.3 is 6.61 Å². The highest BCUT2D eigenvalue weighted by Gasteiger charge is 2.08. The number of pyridine rings is 1. The number of nitrogens with zero attached hydrogens (tertiary/aromatic N) is 1. The molecular weight excluding hydrogens is 330 g/mol. The van der Waals surface area contributed by atoms with Gasteiger partial charge in [0, 0.05) is 35.5 Å². The van der Waals surface area contributed by atoms with Gasteiger partial charge in [-0.05, 0) is 33.6 Å². The monoisotopic (exact) mass is 342 g/mol. The van der Waals surface area contributed by atoms with Crippen molar-refractivity contribution in [1.29, 1.82) is 0 Å². The van der Waals surface area contributed by atoms with Crippen LogP contribution in [-0.4, -0.2) is 11.6 Å². The molecule has 20 heavy (non-hydrogen) atoms. The van der Waals surface area contributed by atoms with Gasteiger partial charge in [0.25, 0.3) is 0 Å². The Morgan fingerprint density at radius 1 is 1.20 bits per heavy atom. The Balaban J connectivity index is 1.94. The maximum atomic E-state index is 12.3. The van der Waals surface area contributed by atoms with E-state index in [2.05, 4.69) is 31.0 Å². The lowest BCUT2D eigenvalue weighted by molar-refractivity contribution is -0.0505. The van der Waals surface area contributed by atoms with Crippen LogP contribution in [0.3, 0.4) is 0 Å². The lowest BCUT2D eigenvalue weighted by Gasteiger charge is -2.11. The van der Waals surface area contributed by atoms with Gasteiger partial charge < -0.3 is 10.1 Å². The summed E-state index contributed by atoms with van der Waals surface area (Å²) >= 11 is 3.34. The second-order valence-corrected chi connectivity index (χ2v) is 5.02. The molecule has 0 saturated carbocycles. The Morgan fingerprint density at radius 3 is 2.75 bits per heavy atom. The SMILES string of the molecule is FC(F)Oc1ccccc1CNCc1cncc(Br)c1. The van der Waals surface area contributed by atoms with Gasteiger partial charge in [-0.15, -0.1) is 0 Å². The molecule has 0 fully saturated rings. The lowest BCUT2D eigenvalue weighted by Crippen LogP contribution is -2.14. The minimum Gasteiger partial charge on any atom is -0.434 e. The van der Waals surface area contributed by atoms with Crippen LogP contribution in [0.15, 0.2) is 47.2 Å². The van der Waals surface area contributed by atoms with E-state index in [9.17, 15) is 8.78 Å². The Kier molecular flexibility index (Phi) is 5.43. The van der Waals surface area contributed by atoms with E-state index in [1.54, 1.807) is 30.6 Å². The summed E-state index contributed by atoms with van der Waals surface area (Å²) in [5, 5.41) is 3.17. The summed E-state index contributed by atoms with van der Waals surface area (Å²) in [6, 6.07) is 8.69. The van der Waals surface area contributed by atoms with Crippen LogP contribution in [0.25, 0.3) is 0 Å². The van der Waals surface area contributed by atoms with Crippen LogP contribution in [0.4, 0.5) is 8.78 Å². The van der Waals surface area contributed by atoms with Crippen LogP contribution in [0.2, 0.25) is 0 Å². The van der Waals surface area contributed by atoms with Crippen LogP contribution < -0.4 is 10.1 Å². The summed E-state index contributed by atoms with van der Waals surface area (Å²) in [5.74, 6) is 0.197. The number of para-hydroxylation sites is 1. The minimum absolute atomic E-state index is 0.197. The molecule has 6 heteroatoms. The third-order valence-electron chi connectivity index (χ3n) is 2.59. The summed E-state index contributed by atoms with van der Waals surface area (Å²) in [7, 11) is 0. The number of hydrogen-bond donors (Lipinski definition) is 1. The van der Waals surface area contributed by atoms with Crippen LogP contribution in [0.1, 0.15) is 11.1 Å². The van der Waals surface area contributed by atoms with E-state index in [-0.39, 0.29) is 5.75 Å². The van der Waals surface area contributed by atoms with Gasteiger partial charge in [-0.3, -0.25) is 4.98 Å². The van der Waals surface area contributed by atoms with Crippen molar-refractivity contribution in [2.45, 2.75) is 19.7 Å². The van der Waals surface area contributed by atoms with E-state index >= 15 is 0 Å². The molecular formula is C14H13BrF2N2O. The molecule has 0 unspecified atom stereocenters. The first kappa shape index (κ1) is 14.9. The summed E-state index contributed by atoms with van der Waals surface area (Å²) in [6.45, 7) is -1.78. The number of ether oxygens (including phenoxy) is 1. The number of rotatable bonds is 6. The molecule has 0 radical (unpaired) electrons. The zero-order valence-electron chi connectivity index (χ0n) is 10.5. The van der Waals surface area contributed by atoms with Gasteiger partial charge in [0.05, 0.1) is 0 Å². The molecule has 1 N–H and O–H groups in total. The number of hydrogen-bond acceptors (Lipinski definition) is 3. The smallest absolute Gasteiger partial charge is 0.387 e. The molecule has 1 aromatic carbocycles.